The largest absolute Gasteiger partial charge is 0.373 e. The van der Waals surface area contributed by atoms with Gasteiger partial charge in [-0.05, 0) is 23.3 Å². The average Bonchev–Trinajstić information content (AvgIpc) is 3.40. The number of aryl methyl sites for hydroxylation is 2. The number of fused-ring (bicyclic) bond motifs is 1. The number of ketones is 1. The van der Waals surface area contributed by atoms with E-state index in [0.29, 0.717) is 43.3 Å². The molecule has 3 heterocycles. The lowest BCUT2D eigenvalue weighted by Gasteiger charge is -2.20. The van der Waals surface area contributed by atoms with Crippen LogP contribution in [0, 0.1) is 0 Å². The van der Waals surface area contributed by atoms with E-state index in [1.807, 2.05) is 41.8 Å². The summed E-state index contributed by atoms with van der Waals surface area (Å²) in [7, 11) is 1.69. The predicted octanol–water partition coefficient (Wildman–Crippen LogP) is 2.24. The minimum atomic E-state index is -0.195. The van der Waals surface area contributed by atoms with E-state index in [4.69, 9.17) is 4.74 Å². The quantitative estimate of drug-likeness (QED) is 0.559. The summed E-state index contributed by atoms with van der Waals surface area (Å²) in [6.07, 6.45) is 1.41. The monoisotopic (exact) mass is 422 g/mol. The number of tetrazole rings is 1. The number of aromatic nitrogens is 5. The van der Waals surface area contributed by atoms with Crippen molar-refractivity contribution in [3.63, 3.8) is 0 Å². The lowest BCUT2D eigenvalue weighted by molar-refractivity contribution is 0.0782. The Labute approximate surface area is 180 Å². The maximum atomic E-state index is 13.2. The highest BCUT2D eigenvalue weighted by atomic mass is 16.5. The van der Waals surface area contributed by atoms with Crippen molar-refractivity contribution in [2.24, 2.45) is 7.05 Å². The molecule has 0 radical (unpaired) electrons. The topological polar surface area (TPSA) is 104 Å². The van der Waals surface area contributed by atoms with E-state index in [1.165, 1.54) is 4.80 Å². The van der Waals surface area contributed by atoms with E-state index in [9.17, 15) is 9.59 Å². The molecule has 0 saturated heterocycles. The van der Waals surface area contributed by atoms with E-state index in [0.717, 1.165) is 17.7 Å². The molecular weight excluding hydrogens is 396 g/mol. The minimum absolute atomic E-state index is 0.0512. The highest BCUT2D eigenvalue weighted by Gasteiger charge is 2.27. The van der Waals surface area contributed by atoms with Crippen LogP contribution in [0.1, 0.15) is 63.7 Å². The number of carbonyl (C=O) groups excluding carboxylic acids is 2. The molecule has 1 aliphatic heterocycles. The van der Waals surface area contributed by atoms with E-state index >= 15 is 0 Å². The highest BCUT2D eigenvalue weighted by Crippen LogP contribution is 2.24. The normalized spacial score (nSPS) is 14.1. The zero-order chi connectivity index (χ0) is 21.8. The Balaban J connectivity index is 1.54. The maximum absolute atomic E-state index is 13.2. The Morgan fingerprint density at radius 1 is 1.26 bits per heavy atom. The summed E-state index contributed by atoms with van der Waals surface area (Å²) in [6.45, 7) is 3.40. The second-order valence-corrected chi connectivity index (χ2v) is 7.56. The fourth-order valence-corrected chi connectivity index (χ4v) is 3.87. The van der Waals surface area contributed by atoms with Crippen molar-refractivity contribution in [2.45, 2.75) is 45.4 Å². The fraction of sp³-hybridized carbons (Fsp3) is 0.409. The summed E-state index contributed by atoms with van der Waals surface area (Å²) in [6, 6.07) is 11.5. The van der Waals surface area contributed by atoms with Crippen LogP contribution in [0.3, 0.4) is 0 Å². The van der Waals surface area contributed by atoms with Crippen LogP contribution in [-0.2, 0) is 31.4 Å². The zero-order valence-corrected chi connectivity index (χ0v) is 17.7. The number of hydrogen-bond acceptors (Lipinski definition) is 6. The van der Waals surface area contributed by atoms with Crippen LogP contribution < -0.4 is 5.32 Å². The number of nitrogens with zero attached hydrogens (tertiary/aromatic N) is 5. The van der Waals surface area contributed by atoms with Crippen molar-refractivity contribution in [3.05, 3.63) is 64.7 Å². The van der Waals surface area contributed by atoms with Crippen LogP contribution in [0.5, 0.6) is 0 Å². The maximum Gasteiger partial charge on any atom is 0.253 e. The first-order valence-corrected chi connectivity index (χ1v) is 10.5. The van der Waals surface area contributed by atoms with Crippen LogP contribution in [-0.4, -0.2) is 43.1 Å². The third-order valence-corrected chi connectivity index (χ3v) is 5.48. The summed E-state index contributed by atoms with van der Waals surface area (Å²) in [4.78, 5) is 27.5. The van der Waals surface area contributed by atoms with E-state index in [-0.39, 0.29) is 24.2 Å². The first-order valence-electron chi connectivity index (χ1n) is 10.5. The van der Waals surface area contributed by atoms with Crippen LogP contribution in [0.15, 0.2) is 36.4 Å². The van der Waals surface area contributed by atoms with Gasteiger partial charge < -0.3 is 14.6 Å². The lowest BCUT2D eigenvalue weighted by atomic mass is 10.0. The second kappa shape index (κ2) is 9.22. The average molecular weight is 422 g/mol. The molecular formula is C22H26N6O3. The molecule has 1 aliphatic rings. The molecule has 9 heteroatoms. The molecule has 0 unspecified atom stereocenters. The summed E-state index contributed by atoms with van der Waals surface area (Å²) in [5.74, 6) is 0.278. The zero-order valence-electron chi connectivity index (χ0n) is 17.7. The number of nitrogens with one attached hydrogen (secondary N) is 1. The number of Topliss-reactive ketones (excluding diaryl/α,β-unsaturated/α-hetero) is 1. The Morgan fingerprint density at radius 2 is 2.06 bits per heavy atom. The van der Waals surface area contributed by atoms with Crippen molar-refractivity contribution in [2.75, 3.05) is 6.61 Å². The molecule has 0 saturated carbocycles. The van der Waals surface area contributed by atoms with Gasteiger partial charge in [0.25, 0.3) is 5.91 Å². The molecule has 4 rings (SSSR count). The smallest absolute Gasteiger partial charge is 0.253 e. The fourth-order valence-electron chi connectivity index (χ4n) is 3.87. The first kappa shape index (κ1) is 20.9. The van der Waals surface area contributed by atoms with E-state index < -0.39 is 0 Å². The molecule has 3 aromatic rings. The molecule has 1 atom stereocenters. The highest BCUT2D eigenvalue weighted by molar-refractivity contribution is 6.01. The van der Waals surface area contributed by atoms with Gasteiger partial charge in [0.1, 0.15) is 0 Å². The standard InChI is InChI=1S/C22H26N6O3/c1-3-17(15-7-5-4-6-8-15)23-22(30)16-13-18(28-11-12-31-14-19(16)28)20(29)9-10-21-24-26-27(2)25-21/h4-8,13,17H,3,9-12,14H2,1-2H3,(H,23,30)/t17-/m1/s1. The van der Waals surface area contributed by atoms with Gasteiger partial charge in [0.2, 0.25) is 0 Å². The number of hydrogen-bond donors (Lipinski definition) is 1. The van der Waals surface area contributed by atoms with Gasteiger partial charge in [-0.25, -0.2) is 0 Å². The van der Waals surface area contributed by atoms with Crippen molar-refractivity contribution in [3.8, 4) is 0 Å². The SMILES string of the molecule is CC[C@@H](NC(=O)c1cc(C(=O)CCc2nnn(C)n2)n2c1COCC2)c1ccccc1. The number of rotatable bonds is 8. The van der Waals surface area contributed by atoms with Crippen molar-refractivity contribution >= 4 is 11.7 Å². The number of ether oxygens (including phenoxy) is 1. The Hall–Kier alpha value is -3.33. The number of carbonyl (C=O) groups is 2. The van der Waals surface area contributed by atoms with Gasteiger partial charge in [0.05, 0.1) is 43.3 Å². The third kappa shape index (κ3) is 4.56. The summed E-state index contributed by atoms with van der Waals surface area (Å²) in [5.41, 5.74) is 2.82. The summed E-state index contributed by atoms with van der Waals surface area (Å²) in [5, 5.41) is 15.0. The van der Waals surface area contributed by atoms with Gasteiger partial charge >= 0.3 is 0 Å². The molecule has 1 amide bonds. The van der Waals surface area contributed by atoms with Gasteiger partial charge in [-0.3, -0.25) is 9.59 Å². The molecule has 0 aliphatic carbocycles. The van der Waals surface area contributed by atoms with Gasteiger partial charge in [-0.2, -0.15) is 4.80 Å². The third-order valence-electron chi connectivity index (χ3n) is 5.48. The van der Waals surface area contributed by atoms with E-state index in [1.54, 1.807) is 13.1 Å². The van der Waals surface area contributed by atoms with Crippen LogP contribution in [0.2, 0.25) is 0 Å². The molecule has 0 spiro atoms. The lowest BCUT2D eigenvalue weighted by Crippen LogP contribution is -2.29. The number of amides is 1. The van der Waals surface area contributed by atoms with Gasteiger partial charge in [-0.1, -0.05) is 37.3 Å². The summed E-state index contributed by atoms with van der Waals surface area (Å²) >= 11 is 0. The second-order valence-electron chi connectivity index (χ2n) is 7.56. The molecule has 0 fully saturated rings. The van der Waals surface area contributed by atoms with Crippen LogP contribution in [0.25, 0.3) is 0 Å². The molecule has 0 bridgehead atoms. The number of benzene rings is 1. The van der Waals surface area contributed by atoms with Crippen LogP contribution >= 0.6 is 0 Å². The van der Waals surface area contributed by atoms with Gasteiger partial charge in [0.15, 0.2) is 11.6 Å². The van der Waals surface area contributed by atoms with Crippen molar-refractivity contribution < 1.29 is 14.3 Å². The molecule has 162 valence electrons. The Kier molecular flexibility index (Phi) is 6.22. The van der Waals surface area contributed by atoms with Crippen molar-refractivity contribution in [1.82, 2.24) is 30.1 Å². The Morgan fingerprint density at radius 3 is 2.77 bits per heavy atom. The Bertz CT molecular complexity index is 1070. The molecule has 9 nitrogen and oxygen atoms in total. The first-order chi connectivity index (χ1) is 15.1. The van der Waals surface area contributed by atoms with E-state index in [2.05, 4.69) is 20.7 Å². The minimum Gasteiger partial charge on any atom is -0.373 e. The predicted molar refractivity (Wildman–Crippen MR) is 112 cm³/mol. The molecule has 31 heavy (non-hydrogen) atoms. The van der Waals surface area contributed by atoms with Gasteiger partial charge in [-0.15, -0.1) is 10.2 Å². The van der Waals surface area contributed by atoms with Gasteiger partial charge in [0, 0.05) is 19.4 Å². The van der Waals surface area contributed by atoms with Crippen molar-refractivity contribution in [1.29, 1.82) is 0 Å². The summed E-state index contributed by atoms with van der Waals surface area (Å²) < 4.78 is 7.50. The molecule has 1 aromatic carbocycles. The molecule has 2 aromatic heterocycles. The van der Waals surface area contributed by atoms with Crippen LogP contribution in [0.4, 0.5) is 0 Å². The molecule has 1 N–H and O–H groups in total.